The zero-order valence-corrected chi connectivity index (χ0v) is 16.5. The maximum atomic E-state index is 13.2. The predicted molar refractivity (Wildman–Crippen MR) is 99.7 cm³/mol. The third-order valence-corrected chi connectivity index (χ3v) is 12.8. The number of amides is 1. The number of rotatable bonds is 4. The Morgan fingerprint density at radius 1 is 1.13 bits per heavy atom. The molecule has 23 heavy (non-hydrogen) atoms. The van der Waals surface area contributed by atoms with Gasteiger partial charge in [0.2, 0.25) is 0 Å². The Bertz CT molecular complexity index is 536. The summed E-state index contributed by atoms with van der Waals surface area (Å²) in [6.07, 6.45) is 12.1. The number of fused-ring (bicyclic) bond motifs is 3. The summed E-state index contributed by atoms with van der Waals surface area (Å²) in [6, 6.07) is 0. The van der Waals surface area contributed by atoms with Crippen molar-refractivity contribution in [3.8, 4) is 0 Å². The van der Waals surface area contributed by atoms with Crippen LogP contribution in [0.15, 0.2) is 0 Å². The van der Waals surface area contributed by atoms with E-state index in [4.69, 9.17) is 0 Å². The van der Waals surface area contributed by atoms with Crippen molar-refractivity contribution in [3.05, 3.63) is 0 Å². The summed E-state index contributed by atoms with van der Waals surface area (Å²) >= 11 is -1.08. The molecule has 130 valence electrons. The predicted octanol–water partition coefficient (Wildman–Crippen LogP) is 3.46. The number of halogens is 1. The first kappa shape index (κ1) is 15.4. The van der Waals surface area contributed by atoms with E-state index in [1.54, 1.807) is 0 Å². The number of alkyl halides is 1. The minimum atomic E-state index is -1.08. The van der Waals surface area contributed by atoms with Crippen LogP contribution < -0.4 is 12.4 Å². The van der Waals surface area contributed by atoms with E-state index in [9.17, 15) is 4.79 Å². The van der Waals surface area contributed by atoms with Gasteiger partial charge in [-0.2, -0.15) is 0 Å². The van der Waals surface area contributed by atoms with E-state index in [2.05, 4.69) is 26.2 Å². The molecule has 0 radical (unpaired) electrons. The van der Waals surface area contributed by atoms with Gasteiger partial charge < -0.3 is 0 Å². The van der Waals surface area contributed by atoms with Crippen LogP contribution in [0.1, 0.15) is 71.6 Å². The molecule has 0 spiro atoms. The van der Waals surface area contributed by atoms with E-state index in [1.165, 1.54) is 57.8 Å². The van der Waals surface area contributed by atoms with E-state index >= 15 is 0 Å². The molecule has 3 saturated carbocycles. The van der Waals surface area contributed by atoms with Crippen LogP contribution >= 0.6 is 20.4 Å². The van der Waals surface area contributed by atoms with Crippen molar-refractivity contribution in [2.24, 2.45) is 23.2 Å². The van der Waals surface area contributed by atoms with Gasteiger partial charge in [0.05, 0.1) is 0 Å². The van der Waals surface area contributed by atoms with Crippen molar-refractivity contribution in [1.29, 1.82) is 0 Å². The van der Waals surface area contributed by atoms with Gasteiger partial charge in [-0.25, -0.2) is 0 Å². The molecule has 5 fully saturated rings. The molecule has 3 N–H and O–H groups in total. The van der Waals surface area contributed by atoms with E-state index in [-0.39, 0.29) is 14.6 Å². The van der Waals surface area contributed by atoms with Crippen molar-refractivity contribution in [1.82, 2.24) is 12.4 Å². The Kier molecular flexibility index (Phi) is 3.24. The first-order valence-electron chi connectivity index (χ1n) is 9.55. The fraction of sp³-hybridized carbons (Fsp3) is 0.944. The molecule has 3 unspecified atom stereocenters. The third kappa shape index (κ3) is 2.11. The van der Waals surface area contributed by atoms with Crippen molar-refractivity contribution >= 4 is 26.3 Å². The molecule has 0 aromatic rings. The molecule has 0 aromatic heterocycles. The molecular formula is C18H30IN3O. The fourth-order valence-electron chi connectivity index (χ4n) is 5.93. The van der Waals surface area contributed by atoms with Crippen molar-refractivity contribution < 1.29 is 4.79 Å². The zero-order valence-electron chi connectivity index (χ0n) is 14.4. The Labute approximate surface area is 147 Å². The summed E-state index contributed by atoms with van der Waals surface area (Å²) in [5.74, 6) is 2.91. The number of hydrogen-bond acceptors (Lipinski definition) is 3. The van der Waals surface area contributed by atoms with Gasteiger partial charge in [-0.05, 0) is 0 Å². The van der Waals surface area contributed by atoms with Crippen molar-refractivity contribution in [2.45, 2.75) is 80.8 Å². The number of carbonyl (C=O) groups excluding carboxylic acids is 1. The van der Waals surface area contributed by atoms with Crippen LogP contribution in [0.5, 0.6) is 0 Å². The van der Waals surface area contributed by atoms with Crippen LogP contribution in [0.25, 0.3) is 0 Å². The van der Waals surface area contributed by atoms with Gasteiger partial charge in [0.15, 0.2) is 0 Å². The summed E-state index contributed by atoms with van der Waals surface area (Å²) < 4.78 is 7.18. The monoisotopic (exact) mass is 431 g/mol. The van der Waals surface area contributed by atoms with Crippen molar-refractivity contribution in [2.75, 3.05) is 0 Å². The Morgan fingerprint density at radius 2 is 1.83 bits per heavy atom. The molecule has 3 aliphatic carbocycles. The first-order valence-corrected chi connectivity index (χ1v) is 12.8. The molecule has 0 aromatic carbocycles. The van der Waals surface area contributed by atoms with Gasteiger partial charge in [-0.1, -0.05) is 0 Å². The molecule has 5 heteroatoms. The van der Waals surface area contributed by atoms with Crippen LogP contribution in [-0.2, 0) is 4.79 Å². The van der Waals surface area contributed by atoms with Crippen molar-refractivity contribution in [3.63, 3.8) is 0 Å². The molecule has 2 aliphatic heterocycles. The van der Waals surface area contributed by atoms with Crippen LogP contribution in [0, 0.1) is 23.2 Å². The summed E-state index contributed by atoms with van der Waals surface area (Å²) in [4.78, 5) is 13.2. The maximum absolute atomic E-state index is 13.2. The summed E-state index contributed by atoms with van der Waals surface area (Å²) in [6.45, 7) is 4.29. The quantitative estimate of drug-likeness (QED) is 0.210. The molecule has 4 nitrogen and oxygen atoms in total. The summed E-state index contributed by atoms with van der Waals surface area (Å²) in [7, 11) is 0. The zero-order chi connectivity index (χ0) is 15.9. The second-order valence-electron chi connectivity index (χ2n) is 9.21. The topological polar surface area (TPSA) is 73.0 Å². The van der Waals surface area contributed by atoms with Crippen LogP contribution in [0.3, 0.4) is 0 Å². The van der Waals surface area contributed by atoms with E-state index in [1.807, 2.05) is 0 Å². The molecular weight excluding hydrogens is 401 g/mol. The normalized spacial score (nSPS) is 40.6. The average molecular weight is 431 g/mol. The molecule has 5 rings (SSSR count). The van der Waals surface area contributed by atoms with Crippen LogP contribution in [-0.4, -0.2) is 15.1 Å². The molecule has 2 heterocycles. The average Bonchev–Trinajstić information content (AvgIpc) is 3.30. The summed E-state index contributed by atoms with van der Waals surface area (Å²) in [5, 5.41) is 3.68. The third-order valence-electron chi connectivity index (χ3n) is 7.65. The Hall–Kier alpha value is 0.120. The standard InChI is InChI=1S/C18H30IN3O/c1-16(2,18-19(21-18)22-18)15(23)20-17(8-4-3-5-9-17)14-11-12-6-7-13(14)10-12/h12-14,21-22H,3-11H2,1-2H3,(H,20,23). The molecule has 5 aliphatic rings. The molecule has 2 saturated heterocycles. The van der Waals surface area contributed by atoms with Gasteiger partial charge in [0.25, 0.3) is 0 Å². The van der Waals surface area contributed by atoms with Gasteiger partial charge >= 0.3 is 147 Å². The summed E-state index contributed by atoms with van der Waals surface area (Å²) in [5.41, 5.74) is -0.175. The SMILES string of the molecule is CC(C)(C(=O)NC1(C2CC3CCC2C3)CCCCC1)C12NI1N2. The van der Waals surface area contributed by atoms with Crippen LogP contribution in [0.4, 0.5) is 0 Å². The van der Waals surface area contributed by atoms with Gasteiger partial charge in [-0.3, -0.25) is 0 Å². The van der Waals surface area contributed by atoms with Gasteiger partial charge in [0.1, 0.15) is 0 Å². The van der Waals surface area contributed by atoms with Gasteiger partial charge in [0, 0.05) is 0 Å². The van der Waals surface area contributed by atoms with Gasteiger partial charge in [-0.15, -0.1) is 0 Å². The van der Waals surface area contributed by atoms with Crippen LogP contribution in [0.2, 0.25) is 0 Å². The second kappa shape index (κ2) is 4.85. The molecule has 1 amide bonds. The molecule has 3 atom stereocenters. The fourth-order valence-corrected chi connectivity index (χ4v) is 11.5. The number of nitrogens with one attached hydrogen (secondary N) is 3. The Morgan fingerprint density at radius 3 is 2.35 bits per heavy atom. The Balaban J connectivity index is 1.39. The molecule has 2 bridgehead atoms. The van der Waals surface area contributed by atoms with E-state index in [0.29, 0.717) is 5.91 Å². The number of carbonyl (C=O) groups is 1. The van der Waals surface area contributed by atoms with E-state index in [0.717, 1.165) is 17.8 Å². The first-order chi connectivity index (χ1) is 11.0. The second-order valence-corrected chi connectivity index (χ2v) is 13.5. The minimum absolute atomic E-state index is 0.0611. The van der Waals surface area contributed by atoms with E-state index < -0.39 is 20.4 Å². The number of hydrogen-bond donors (Lipinski definition) is 3.